The van der Waals surface area contributed by atoms with Crippen LogP contribution in [0, 0.1) is 23.2 Å². The fourth-order valence-electron chi connectivity index (χ4n) is 5.17. The first-order chi connectivity index (χ1) is 11.7. The number of hydrogen-bond donors (Lipinski definition) is 0. The Bertz CT molecular complexity index is 579. The molecule has 1 aromatic heterocycles. The Hall–Kier alpha value is -0.860. The molecule has 0 N–H and O–H groups in total. The van der Waals surface area contributed by atoms with Crippen LogP contribution in [0.15, 0.2) is 0 Å². The van der Waals surface area contributed by atoms with E-state index in [1.807, 2.05) is 0 Å². The molecule has 0 aromatic carbocycles. The Morgan fingerprint density at radius 2 is 1.68 bits per heavy atom. The smallest absolute Gasteiger partial charge is 0.0859 e. The Balaban J connectivity index is 1.69. The molecule has 142 valence electrons. The maximum absolute atomic E-state index is 4.62. The minimum absolute atomic E-state index is 0.0999. The average molecular weight is 346 g/mol. The van der Waals surface area contributed by atoms with E-state index in [2.05, 4.69) is 56.5 Å². The van der Waals surface area contributed by atoms with E-state index in [-0.39, 0.29) is 5.54 Å². The van der Waals surface area contributed by atoms with E-state index in [9.17, 15) is 0 Å². The number of hydrogen-bond acceptors (Lipinski definition) is 2. The first kappa shape index (κ1) is 18.9. The van der Waals surface area contributed by atoms with Gasteiger partial charge in [-0.2, -0.15) is 0 Å². The van der Waals surface area contributed by atoms with Crippen molar-refractivity contribution in [2.45, 2.75) is 105 Å². The van der Waals surface area contributed by atoms with Gasteiger partial charge in [0.1, 0.15) is 0 Å². The van der Waals surface area contributed by atoms with Crippen molar-refractivity contribution in [3.05, 3.63) is 11.4 Å². The molecule has 1 aromatic rings. The molecule has 0 unspecified atom stereocenters. The molecule has 1 heterocycles. The third-order valence-electron chi connectivity index (χ3n) is 6.60. The van der Waals surface area contributed by atoms with Crippen LogP contribution in [0.1, 0.15) is 97.9 Å². The van der Waals surface area contributed by atoms with Gasteiger partial charge in [-0.3, -0.25) is 0 Å². The molecule has 0 radical (unpaired) electrons. The minimum Gasteiger partial charge on any atom is -0.244 e. The summed E-state index contributed by atoms with van der Waals surface area (Å²) < 4.78 is 2.29. The molecule has 2 aliphatic carbocycles. The summed E-state index contributed by atoms with van der Waals surface area (Å²) in [4.78, 5) is 0. The summed E-state index contributed by atoms with van der Waals surface area (Å²) in [5.41, 5.74) is 3.31. The molecule has 0 amide bonds. The van der Waals surface area contributed by atoms with Crippen LogP contribution in [-0.4, -0.2) is 15.0 Å². The summed E-state index contributed by atoms with van der Waals surface area (Å²) in [6, 6.07) is 0. The lowest BCUT2D eigenvalue weighted by molar-refractivity contribution is 0.269. The van der Waals surface area contributed by atoms with E-state index >= 15 is 0 Å². The Morgan fingerprint density at radius 3 is 2.32 bits per heavy atom. The molecule has 3 nitrogen and oxygen atoms in total. The van der Waals surface area contributed by atoms with Crippen molar-refractivity contribution in [3.8, 4) is 0 Å². The van der Waals surface area contributed by atoms with E-state index in [1.54, 1.807) is 0 Å². The molecule has 2 aliphatic rings. The van der Waals surface area contributed by atoms with Crippen molar-refractivity contribution in [3.63, 3.8) is 0 Å². The third kappa shape index (κ3) is 4.28. The highest BCUT2D eigenvalue weighted by Gasteiger charge is 2.50. The van der Waals surface area contributed by atoms with Gasteiger partial charge in [-0.05, 0) is 75.5 Å². The van der Waals surface area contributed by atoms with Gasteiger partial charge in [-0.15, -0.1) is 5.10 Å². The first-order valence-electron chi connectivity index (χ1n) is 10.7. The molecule has 0 bridgehead atoms. The van der Waals surface area contributed by atoms with E-state index in [0.717, 1.165) is 24.2 Å². The quantitative estimate of drug-likeness (QED) is 0.613. The summed E-state index contributed by atoms with van der Waals surface area (Å²) in [6.07, 6.45) is 11.5. The maximum atomic E-state index is 4.62. The van der Waals surface area contributed by atoms with Crippen LogP contribution in [0.2, 0.25) is 0 Å². The third-order valence-corrected chi connectivity index (χ3v) is 6.60. The Morgan fingerprint density at radius 1 is 1.00 bits per heavy atom. The highest BCUT2D eigenvalue weighted by atomic mass is 15.5. The highest BCUT2D eigenvalue weighted by Crippen LogP contribution is 2.57. The predicted molar refractivity (Wildman–Crippen MR) is 105 cm³/mol. The fraction of sp³-hybridized carbons (Fsp3) is 0.909. The molecule has 0 saturated heterocycles. The van der Waals surface area contributed by atoms with Crippen LogP contribution in [0.4, 0.5) is 0 Å². The van der Waals surface area contributed by atoms with Gasteiger partial charge in [0.15, 0.2) is 0 Å². The van der Waals surface area contributed by atoms with Crippen LogP contribution in [-0.2, 0) is 18.4 Å². The number of fused-ring (bicyclic) bond motifs is 2. The van der Waals surface area contributed by atoms with Crippen LogP contribution < -0.4 is 0 Å². The molecule has 0 spiro atoms. The van der Waals surface area contributed by atoms with Gasteiger partial charge in [-0.25, -0.2) is 4.68 Å². The molecule has 3 atom stereocenters. The molecule has 1 saturated carbocycles. The maximum Gasteiger partial charge on any atom is 0.0859 e. The number of aryl methyl sites for hydroxylation is 1. The monoisotopic (exact) mass is 345 g/mol. The minimum atomic E-state index is 0.0999. The fourth-order valence-corrected chi connectivity index (χ4v) is 5.17. The van der Waals surface area contributed by atoms with Crippen molar-refractivity contribution >= 4 is 0 Å². The summed E-state index contributed by atoms with van der Waals surface area (Å²) >= 11 is 0. The number of rotatable bonds is 6. The van der Waals surface area contributed by atoms with Crippen LogP contribution >= 0.6 is 0 Å². The zero-order valence-electron chi connectivity index (χ0n) is 17.4. The van der Waals surface area contributed by atoms with E-state index in [0.29, 0.717) is 5.41 Å². The van der Waals surface area contributed by atoms with Gasteiger partial charge in [0.2, 0.25) is 0 Å². The topological polar surface area (TPSA) is 30.7 Å². The van der Waals surface area contributed by atoms with Crippen molar-refractivity contribution < 1.29 is 0 Å². The number of nitrogens with zero attached hydrogens (tertiary/aromatic N) is 3. The van der Waals surface area contributed by atoms with Gasteiger partial charge in [0.25, 0.3) is 0 Å². The van der Waals surface area contributed by atoms with E-state index in [1.165, 1.54) is 62.8 Å². The van der Waals surface area contributed by atoms with Crippen molar-refractivity contribution in [2.24, 2.45) is 23.2 Å². The highest BCUT2D eigenvalue weighted by molar-refractivity contribution is 5.16. The molecular weight excluding hydrogens is 306 g/mol. The second kappa shape index (κ2) is 7.04. The number of unbranched alkanes of at least 4 members (excludes halogenated alkanes) is 2. The van der Waals surface area contributed by atoms with Crippen molar-refractivity contribution in [1.29, 1.82) is 0 Å². The zero-order chi connectivity index (χ0) is 18.2. The SMILES string of the molecule is CCCCCC(C)(C)n1nnc2c1CC[C@H]1[C@@H](CC2)[C@H]1CC(C)(C)C. The molecule has 1 fully saturated rings. The lowest BCUT2D eigenvalue weighted by Gasteiger charge is -2.27. The molecule has 3 rings (SSSR count). The van der Waals surface area contributed by atoms with Gasteiger partial charge >= 0.3 is 0 Å². The largest absolute Gasteiger partial charge is 0.244 e. The van der Waals surface area contributed by atoms with Crippen LogP contribution in [0.3, 0.4) is 0 Å². The van der Waals surface area contributed by atoms with Crippen molar-refractivity contribution in [1.82, 2.24) is 15.0 Å². The summed E-state index contributed by atoms with van der Waals surface area (Å²) in [5, 5.41) is 9.23. The molecule has 0 aliphatic heterocycles. The van der Waals surface area contributed by atoms with E-state index < -0.39 is 0 Å². The molecule has 3 heteroatoms. The van der Waals surface area contributed by atoms with Gasteiger partial charge in [-0.1, -0.05) is 52.2 Å². The van der Waals surface area contributed by atoms with Crippen LogP contribution in [0.5, 0.6) is 0 Å². The predicted octanol–water partition coefficient (Wildman–Crippen LogP) is 5.77. The second-order valence-electron chi connectivity index (χ2n) is 10.5. The summed E-state index contributed by atoms with van der Waals surface area (Å²) in [6.45, 7) is 14.2. The van der Waals surface area contributed by atoms with Crippen molar-refractivity contribution in [2.75, 3.05) is 0 Å². The first-order valence-corrected chi connectivity index (χ1v) is 10.7. The van der Waals surface area contributed by atoms with Crippen LogP contribution in [0.25, 0.3) is 0 Å². The Labute approximate surface area is 155 Å². The summed E-state index contributed by atoms with van der Waals surface area (Å²) in [7, 11) is 0. The van der Waals surface area contributed by atoms with Gasteiger partial charge < -0.3 is 0 Å². The van der Waals surface area contributed by atoms with E-state index in [4.69, 9.17) is 0 Å². The van der Waals surface area contributed by atoms with Gasteiger partial charge in [0.05, 0.1) is 16.9 Å². The molecule has 25 heavy (non-hydrogen) atoms. The Kier molecular flexibility index (Phi) is 5.33. The second-order valence-corrected chi connectivity index (χ2v) is 10.5. The standard InChI is InChI=1S/C22H39N3/c1-7-8-9-14-22(5,6)25-20-13-11-17-16(10-12-19(20)23-24-25)18(17)15-21(2,3)4/h16-18H,7-15H2,1-6H3/t16-,17+,18-/m1/s1. The number of aromatic nitrogens is 3. The normalized spacial score (nSPS) is 26.6. The van der Waals surface area contributed by atoms with Gasteiger partial charge in [0, 0.05) is 0 Å². The summed E-state index contributed by atoms with van der Waals surface area (Å²) in [5.74, 6) is 2.87. The zero-order valence-corrected chi connectivity index (χ0v) is 17.4. The average Bonchev–Trinajstić information content (AvgIpc) is 2.92. The molecular formula is C22H39N3. The lowest BCUT2D eigenvalue weighted by atomic mass is 9.88. The lowest BCUT2D eigenvalue weighted by Crippen LogP contribution is -2.29.